The van der Waals surface area contributed by atoms with Crippen molar-refractivity contribution < 1.29 is 0 Å². The first-order valence-electron chi connectivity index (χ1n) is 6.94. The molecule has 19 heavy (non-hydrogen) atoms. The Labute approximate surface area is 114 Å². The normalized spacial score (nSPS) is 10.9. The number of aromatic nitrogens is 4. The monoisotopic (exact) mass is 261 g/mol. The number of nitrogens with one attached hydrogen (secondary N) is 1. The third-order valence-electron chi connectivity index (χ3n) is 3.21. The van der Waals surface area contributed by atoms with Crippen LogP contribution in [0.25, 0.3) is 0 Å². The number of hydrogen-bond donors (Lipinski definition) is 1. The molecule has 5 nitrogen and oxygen atoms in total. The van der Waals surface area contributed by atoms with Crippen LogP contribution >= 0.6 is 0 Å². The molecule has 0 fully saturated rings. The zero-order valence-electron chi connectivity index (χ0n) is 12.1. The van der Waals surface area contributed by atoms with Gasteiger partial charge in [-0.3, -0.25) is 0 Å². The van der Waals surface area contributed by atoms with Crippen LogP contribution in [0.2, 0.25) is 0 Å². The highest BCUT2D eigenvalue weighted by molar-refractivity contribution is 5.28. The Morgan fingerprint density at radius 2 is 2.21 bits per heavy atom. The summed E-state index contributed by atoms with van der Waals surface area (Å²) in [7, 11) is 2.03. The summed E-state index contributed by atoms with van der Waals surface area (Å²) in [6, 6.07) is 0. The van der Waals surface area contributed by atoms with E-state index in [2.05, 4.69) is 37.5 Å². The molecule has 0 aliphatic heterocycles. The van der Waals surface area contributed by atoms with Gasteiger partial charge in [-0.25, -0.2) is 9.97 Å². The summed E-state index contributed by atoms with van der Waals surface area (Å²) in [4.78, 5) is 8.88. The first-order valence-corrected chi connectivity index (χ1v) is 6.94. The second kappa shape index (κ2) is 6.41. The van der Waals surface area contributed by atoms with Gasteiger partial charge in [0.15, 0.2) is 0 Å². The van der Waals surface area contributed by atoms with E-state index in [9.17, 15) is 0 Å². The summed E-state index contributed by atoms with van der Waals surface area (Å²) in [6.45, 7) is 6.11. The molecule has 0 amide bonds. The highest BCUT2D eigenvalue weighted by Crippen LogP contribution is 2.10. The number of aryl methyl sites for hydroxylation is 4. The predicted octanol–water partition coefficient (Wildman–Crippen LogP) is 2.38. The van der Waals surface area contributed by atoms with Crippen LogP contribution in [0.3, 0.4) is 0 Å². The lowest BCUT2D eigenvalue weighted by molar-refractivity contribution is 0.651. The van der Waals surface area contributed by atoms with Crippen LogP contribution in [-0.4, -0.2) is 25.6 Å². The van der Waals surface area contributed by atoms with Crippen molar-refractivity contribution in [2.75, 3.05) is 11.9 Å². The highest BCUT2D eigenvalue weighted by atomic mass is 15.2. The van der Waals surface area contributed by atoms with Crippen LogP contribution in [0.15, 0.2) is 18.6 Å². The van der Waals surface area contributed by atoms with Gasteiger partial charge in [0.1, 0.15) is 5.82 Å². The molecule has 0 aliphatic carbocycles. The van der Waals surface area contributed by atoms with Crippen LogP contribution in [0.4, 0.5) is 5.95 Å². The van der Waals surface area contributed by atoms with Gasteiger partial charge in [-0.05, 0) is 13.3 Å². The van der Waals surface area contributed by atoms with E-state index in [4.69, 9.17) is 0 Å². The number of hydrogen-bond acceptors (Lipinski definition) is 3. The fourth-order valence-electron chi connectivity index (χ4n) is 2.09. The molecule has 2 aromatic rings. The summed E-state index contributed by atoms with van der Waals surface area (Å²) >= 11 is 0. The Bertz CT molecular complexity index is 512. The zero-order valence-corrected chi connectivity index (χ0v) is 12.1. The molecule has 0 bridgehead atoms. The molecule has 2 heterocycles. The smallest absolute Gasteiger partial charge is 0.203 e. The molecule has 104 valence electrons. The Hall–Kier alpha value is -1.78. The van der Waals surface area contributed by atoms with E-state index in [0.29, 0.717) is 0 Å². The molecule has 0 aromatic carbocycles. The molecular formula is C14H23N5. The highest BCUT2D eigenvalue weighted by Gasteiger charge is 2.06. The Kier molecular flexibility index (Phi) is 4.60. The van der Waals surface area contributed by atoms with Crippen LogP contribution in [0.5, 0.6) is 0 Å². The van der Waals surface area contributed by atoms with Crippen LogP contribution in [0, 0.1) is 6.92 Å². The quantitative estimate of drug-likeness (QED) is 0.778. The van der Waals surface area contributed by atoms with Crippen LogP contribution < -0.4 is 5.32 Å². The molecule has 1 N–H and O–H groups in total. The maximum absolute atomic E-state index is 4.53. The summed E-state index contributed by atoms with van der Waals surface area (Å²) in [5.74, 6) is 2.08. The lowest BCUT2D eigenvalue weighted by atomic mass is 10.3. The fourth-order valence-corrected chi connectivity index (χ4v) is 2.09. The van der Waals surface area contributed by atoms with E-state index in [0.717, 1.165) is 37.0 Å². The van der Waals surface area contributed by atoms with E-state index in [1.54, 1.807) is 0 Å². The van der Waals surface area contributed by atoms with Gasteiger partial charge < -0.3 is 14.5 Å². The molecule has 0 unspecified atom stereocenters. The second-order valence-corrected chi connectivity index (χ2v) is 4.88. The molecule has 2 aromatic heterocycles. The summed E-state index contributed by atoms with van der Waals surface area (Å²) < 4.78 is 4.24. The van der Waals surface area contributed by atoms with Gasteiger partial charge >= 0.3 is 0 Å². The van der Waals surface area contributed by atoms with E-state index >= 15 is 0 Å². The Morgan fingerprint density at radius 1 is 1.37 bits per heavy atom. The molecular weight excluding hydrogens is 238 g/mol. The summed E-state index contributed by atoms with van der Waals surface area (Å²) in [5.41, 5.74) is 1.05. The molecule has 0 radical (unpaired) electrons. The first-order chi connectivity index (χ1) is 9.20. The number of anilines is 1. The zero-order chi connectivity index (χ0) is 13.7. The minimum absolute atomic E-state index is 0.903. The molecule has 0 saturated heterocycles. The lowest BCUT2D eigenvalue weighted by Gasteiger charge is -2.09. The van der Waals surface area contributed by atoms with Crippen molar-refractivity contribution in [1.82, 2.24) is 19.1 Å². The van der Waals surface area contributed by atoms with Crippen molar-refractivity contribution in [2.24, 2.45) is 7.05 Å². The van der Waals surface area contributed by atoms with Gasteiger partial charge in [0.25, 0.3) is 0 Å². The molecule has 5 heteroatoms. The SMILES string of the molecule is CCCCNc1nc(C)cn1CCc1nccn1C. The number of imidazole rings is 2. The minimum Gasteiger partial charge on any atom is -0.356 e. The van der Waals surface area contributed by atoms with Crippen molar-refractivity contribution >= 4 is 5.95 Å². The largest absolute Gasteiger partial charge is 0.356 e. The van der Waals surface area contributed by atoms with E-state index in [1.165, 1.54) is 12.8 Å². The third-order valence-corrected chi connectivity index (χ3v) is 3.21. The first kappa shape index (κ1) is 13.6. The molecule has 0 aliphatic rings. The van der Waals surface area contributed by atoms with Crippen molar-refractivity contribution in [3.05, 3.63) is 30.1 Å². The molecule has 0 spiro atoms. The molecule has 0 saturated carbocycles. The van der Waals surface area contributed by atoms with Crippen molar-refractivity contribution in [3.8, 4) is 0 Å². The lowest BCUT2D eigenvalue weighted by Crippen LogP contribution is -2.11. The molecule has 0 atom stereocenters. The average Bonchev–Trinajstić information content (AvgIpc) is 2.94. The second-order valence-electron chi connectivity index (χ2n) is 4.88. The topological polar surface area (TPSA) is 47.7 Å². The van der Waals surface area contributed by atoms with Crippen molar-refractivity contribution in [1.29, 1.82) is 0 Å². The molecule has 2 rings (SSSR count). The maximum atomic E-state index is 4.53. The Balaban J connectivity index is 1.97. The van der Waals surface area contributed by atoms with Gasteiger partial charge in [0, 0.05) is 45.1 Å². The van der Waals surface area contributed by atoms with E-state index in [-0.39, 0.29) is 0 Å². The van der Waals surface area contributed by atoms with Crippen molar-refractivity contribution in [3.63, 3.8) is 0 Å². The van der Waals surface area contributed by atoms with Gasteiger partial charge in [0.2, 0.25) is 5.95 Å². The number of rotatable bonds is 7. The van der Waals surface area contributed by atoms with Crippen LogP contribution in [-0.2, 0) is 20.0 Å². The minimum atomic E-state index is 0.903. The summed E-state index contributed by atoms with van der Waals surface area (Å²) in [6.07, 6.45) is 9.20. The summed E-state index contributed by atoms with van der Waals surface area (Å²) in [5, 5.41) is 3.40. The standard InChI is InChI=1S/C14H23N5/c1-4-5-7-16-14-17-12(2)11-19(14)9-6-13-15-8-10-18(13)3/h8,10-11H,4-7,9H2,1-3H3,(H,16,17). The maximum Gasteiger partial charge on any atom is 0.203 e. The van der Waals surface area contributed by atoms with Crippen molar-refractivity contribution in [2.45, 2.75) is 39.7 Å². The van der Waals surface area contributed by atoms with E-state index in [1.807, 2.05) is 26.4 Å². The number of nitrogens with zero attached hydrogens (tertiary/aromatic N) is 4. The van der Waals surface area contributed by atoms with E-state index < -0.39 is 0 Å². The van der Waals surface area contributed by atoms with Gasteiger partial charge in [-0.2, -0.15) is 0 Å². The van der Waals surface area contributed by atoms with Gasteiger partial charge in [-0.1, -0.05) is 13.3 Å². The number of unbranched alkanes of at least 4 members (excludes halogenated alkanes) is 1. The average molecular weight is 261 g/mol. The fraction of sp³-hybridized carbons (Fsp3) is 0.571. The predicted molar refractivity (Wildman–Crippen MR) is 77.3 cm³/mol. The third kappa shape index (κ3) is 3.59. The Morgan fingerprint density at radius 3 is 2.89 bits per heavy atom. The van der Waals surface area contributed by atoms with Gasteiger partial charge in [0.05, 0.1) is 5.69 Å². The van der Waals surface area contributed by atoms with Gasteiger partial charge in [-0.15, -0.1) is 0 Å². The van der Waals surface area contributed by atoms with Crippen LogP contribution in [0.1, 0.15) is 31.3 Å².